The Balaban J connectivity index is 2.15. The molecule has 0 bridgehead atoms. The van der Waals surface area contributed by atoms with Gasteiger partial charge in [-0.3, -0.25) is 0 Å². The summed E-state index contributed by atoms with van der Waals surface area (Å²) in [5, 5.41) is 14.9. The van der Waals surface area contributed by atoms with Gasteiger partial charge >= 0.3 is 0 Å². The second kappa shape index (κ2) is 5.38. The molecule has 0 aromatic heterocycles. The third-order valence-corrected chi connectivity index (χ3v) is 4.30. The molecule has 1 aromatic carbocycles. The first-order valence-corrected chi connectivity index (χ1v) is 7.05. The number of rotatable bonds is 2. The molecule has 100 valence electrons. The Morgan fingerprint density at radius 1 is 1.33 bits per heavy atom. The van der Waals surface area contributed by atoms with E-state index in [1.807, 2.05) is 6.07 Å². The summed E-state index contributed by atoms with van der Waals surface area (Å²) in [5.74, 6) is 0. The van der Waals surface area contributed by atoms with Crippen molar-refractivity contribution in [1.82, 2.24) is 5.32 Å². The number of hydrogen-bond acceptors (Lipinski definition) is 2. The molecule has 0 spiro atoms. The van der Waals surface area contributed by atoms with Crippen LogP contribution in [0.15, 0.2) is 18.2 Å². The van der Waals surface area contributed by atoms with E-state index in [0.717, 1.165) is 24.8 Å². The summed E-state index contributed by atoms with van der Waals surface area (Å²) in [4.78, 5) is 0. The maximum Gasteiger partial charge on any atom is 0.0943 e. The maximum absolute atomic E-state index is 10.4. The van der Waals surface area contributed by atoms with Gasteiger partial charge in [0.25, 0.3) is 0 Å². The van der Waals surface area contributed by atoms with Gasteiger partial charge in [-0.2, -0.15) is 0 Å². The van der Waals surface area contributed by atoms with Gasteiger partial charge in [0.2, 0.25) is 0 Å². The molecular weight excluding hydrogens is 269 g/mol. The lowest BCUT2D eigenvalue weighted by molar-refractivity contribution is 0.0844. The van der Waals surface area contributed by atoms with Gasteiger partial charge in [-0.05, 0) is 50.8 Å². The monoisotopic (exact) mass is 287 g/mol. The van der Waals surface area contributed by atoms with Gasteiger partial charge < -0.3 is 10.4 Å². The summed E-state index contributed by atoms with van der Waals surface area (Å²) >= 11 is 11.9. The van der Waals surface area contributed by atoms with E-state index >= 15 is 0 Å². The zero-order valence-electron chi connectivity index (χ0n) is 10.7. The van der Waals surface area contributed by atoms with Crippen LogP contribution in [0.2, 0.25) is 10.0 Å². The Morgan fingerprint density at radius 3 is 2.67 bits per heavy atom. The van der Waals surface area contributed by atoms with E-state index in [1.54, 1.807) is 12.1 Å². The molecule has 0 saturated carbocycles. The van der Waals surface area contributed by atoms with Crippen LogP contribution in [0.3, 0.4) is 0 Å². The van der Waals surface area contributed by atoms with Crippen molar-refractivity contribution in [2.75, 3.05) is 0 Å². The van der Waals surface area contributed by atoms with Crippen molar-refractivity contribution in [2.24, 2.45) is 0 Å². The molecule has 1 fully saturated rings. The Kier molecular flexibility index (Phi) is 4.22. The van der Waals surface area contributed by atoms with Gasteiger partial charge in [-0.1, -0.05) is 29.3 Å². The summed E-state index contributed by atoms with van der Waals surface area (Å²) in [5.41, 5.74) is 0.903. The molecule has 0 radical (unpaired) electrons. The van der Waals surface area contributed by atoms with Gasteiger partial charge in [0.1, 0.15) is 0 Å². The molecule has 2 atom stereocenters. The molecule has 0 aliphatic carbocycles. The lowest BCUT2D eigenvalue weighted by Crippen LogP contribution is -2.51. The van der Waals surface area contributed by atoms with E-state index in [9.17, 15) is 5.11 Å². The Morgan fingerprint density at radius 2 is 2.06 bits per heavy atom. The molecule has 2 nitrogen and oxygen atoms in total. The molecule has 0 amide bonds. The largest absolute Gasteiger partial charge is 0.387 e. The number of piperidine rings is 1. The highest BCUT2D eigenvalue weighted by Gasteiger charge is 2.31. The van der Waals surface area contributed by atoms with Crippen molar-refractivity contribution >= 4 is 23.2 Å². The standard InChI is InChI=1S/C14H19Cl2NO/c1-14(2)7-3-4-12(17-14)13(18)9-5-6-10(15)11(16)8-9/h5-6,8,12-13,17-18H,3-4,7H2,1-2H3/t12-,13+/m0/s1. The average Bonchev–Trinajstić information content (AvgIpc) is 2.30. The molecule has 1 heterocycles. The summed E-state index contributed by atoms with van der Waals surface area (Å²) < 4.78 is 0. The second-order valence-electron chi connectivity index (χ2n) is 5.65. The highest BCUT2D eigenvalue weighted by molar-refractivity contribution is 6.42. The predicted octanol–water partition coefficient (Wildman–Crippen LogP) is 3.95. The van der Waals surface area contributed by atoms with Crippen molar-refractivity contribution in [3.63, 3.8) is 0 Å². The first-order valence-electron chi connectivity index (χ1n) is 6.30. The molecular formula is C14H19Cl2NO. The van der Waals surface area contributed by atoms with Crippen LogP contribution in [0.25, 0.3) is 0 Å². The van der Waals surface area contributed by atoms with Crippen molar-refractivity contribution in [1.29, 1.82) is 0 Å². The third kappa shape index (κ3) is 3.18. The summed E-state index contributed by atoms with van der Waals surface area (Å²) in [6.45, 7) is 4.33. The van der Waals surface area contributed by atoms with Crippen molar-refractivity contribution in [3.05, 3.63) is 33.8 Å². The highest BCUT2D eigenvalue weighted by atomic mass is 35.5. The Bertz CT molecular complexity index is 434. The number of aliphatic hydroxyl groups excluding tert-OH is 1. The van der Waals surface area contributed by atoms with Gasteiger partial charge in [0.15, 0.2) is 0 Å². The van der Waals surface area contributed by atoms with E-state index in [1.165, 1.54) is 0 Å². The molecule has 1 saturated heterocycles. The average molecular weight is 288 g/mol. The summed E-state index contributed by atoms with van der Waals surface area (Å²) in [6.07, 6.45) is 2.70. The smallest absolute Gasteiger partial charge is 0.0943 e. The topological polar surface area (TPSA) is 32.3 Å². The van der Waals surface area contributed by atoms with Gasteiger partial charge in [0, 0.05) is 11.6 Å². The Labute approximate surface area is 118 Å². The van der Waals surface area contributed by atoms with E-state index in [-0.39, 0.29) is 11.6 Å². The molecule has 2 rings (SSSR count). The zero-order valence-corrected chi connectivity index (χ0v) is 12.2. The number of halogens is 2. The molecule has 0 unspecified atom stereocenters. The quantitative estimate of drug-likeness (QED) is 0.863. The third-order valence-electron chi connectivity index (χ3n) is 3.56. The maximum atomic E-state index is 10.4. The number of benzene rings is 1. The summed E-state index contributed by atoms with van der Waals surface area (Å²) in [6, 6.07) is 5.39. The zero-order chi connectivity index (χ0) is 13.3. The SMILES string of the molecule is CC1(C)CCC[C@@H]([C@H](O)c2ccc(Cl)c(Cl)c2)N1. The van der Waals surface area contributed by atoms with Crippen molar-refractivity contribution in [2.45, 2.75) is 50.8 Å². The Hall–Kier alpha value is -0.280. The molecule has 1 aromatic rings. The van der Waals surface area contributed by atoms with Crippen LogP contribution >= 0.6 is 23.2 Å². The first kappa shape index (κ1) is 14.1. The lowest BCUT2D eigenvalue weighted by Gasteiger charge is -2.39. The fourth-order valence-corrected chi connectivity index (χ4v) is 2.88. The van der Waals surface area contributed by atoms with Crippen LogP contribution in [0.1, 0.15) is 44.8 Å². The minimum Gasteiger partial charge on any atom is -0.387 e. The molecule has 4 heteroatoms. The summed E-state index contributed by atoms with van der Waals surface area (Å²) in [7, 11) is 0. The van der Waals surface area contributed by atoms with Crippen LogP contribution in [-0.2, 0) is 0 Å². The number of hydrogen-bond donors (Lipinski definition) is 2. The number of nitrogens with one attached hydrogen (secondary N) is 1. The normalized spacial score (nSPS) is 24.8. The van der Waals surface area contributed by atoms with Crippen molar-refractivity contribution in [3.8, 4) is 0 Å². The van der Waals surface area contributed by atoms with Crippen LogP contribution < -0.4 is 5.32 Å². The molecule has 2 N–H and O–H groups in total. The lowest BCUT2D eigenvalue weighted by atomic mass is 9.86. The van der Waals surface area contributed by atoms with Crippen LogP contribution in [0, 0.1) is 0 Å². The molecule has 18 heavy (non-hydrogen) atoms. The highest BCUT2D eigenvalue weighted by Crippen LogP contribution is 2.31. The second-order valence-corrected chi connectivity index (χ2v) is 6.46. The van der Waals surface area contributed by atoms with Gasteiger partial charge in [0.05, 0.1) is 16.1 Å². The van der Waals surface area contributed by atoms with Crippen molar-refractivity contribution < 1.29 is 5.11 Å². The molecule has 1 aliphatic rings. The minimum absolute atomic E-state index is 0.0750. The van der Waals surface area contributed by atoms with E-state index in [0.29, 0.717) is 10.0 Å². The van der Waals surface area contributed by atoms with E-state index in [2.05, 4.69) is 19.2 Å². The van der Waals surface area contributed by atoms with Gasteiger partial charge in [-0.25, -0.2) is 0 Å². The van der Waals surface area contributed by atoms with Crippen LogP contribution in [0.5, 0.6) is 0 Å². The van der Waals surface area contributed by atoms with Crippen LogP contribution in [0.4, 0.5) is 0 Å². The fraction of sp³-hybridized carbons (Fsp3) is 0.571. The van der Waals surface area contributed by atoms with E-state index < -0.39 is 6.10 Å². The van der Waals surface area contributed by atoms with Crippen LogP contribution in [-0.4, -0.2) is 16.7 Å². The van der Waals surface area contributed by atoms with E-state index in [4.69, 9.17) is 23.2 Å². The predicted molar refractivity (Wildman–Crippen MR) is 76.3 cm³/mol. The first-order chi connectivity index (χ1) is 8.39. The minimum atomic E-state index is -0.542. The number of aliphatic hydroxyl groups is 1. The molecule has 1 aliphatic heterocycles. The van der Waals surface area contributed by atoms with Gasteiger partial charge in [-0.15, -0.1) is 0 Å². The fourth-order valence-electron chi connectivity index (χ4n) is 2.58.